The highest BCUT2D eigenvalue weighted by molar-refractivity contribution is 5.60. The Balaban J connectivity index is 1.50. The summed E-state index contributed by atoms with van der Waals surface area (Å²) in [6, 6.07) is 8.24. The predicted octanol–water partition coefficient (Wildman–Crippen LogP) is 2.49. The summed E-state index contributed by atoms with van der Waals surface area (Å²) in [5.41, 5.74) is 1.63. The van der Waals surface area contributed by atoms with Crippen LogP contribution in [0.4, 0.5) is 17.3 Å². The van der Waals surface area contributed by atoms with Gasteiger partial charge in [-0.15, -0.1) is 0 Å². The third kappa shape index (κ3) is 4.12. The molecule has 2 aromatic heterocycles. The largest absolute Gasteiger partial charge is 0.480 e. The molecular formula is C20H21N7O3. The molecule has 1 fully saturated rings. The van der Waals surface area contributed by atoms with Crippen molar-refractivity contribution in [3.8, 4) is 17.3 Å². The summed E-state index contributed by atoms with van der Waals surface area (Å²) in [4.78, 5) is 32.7. The first kappa shape index (κ1) is 19.5. The van der Waals surface area contributed by atoms with E-state index in [1.807, 2.05) is 13.0 Å². The molecule has 0 spiro atoms. The Bertz CT molecular complexity index is 1050. The van der Waals surface area contributed by atoms with Crippen LogP contribution < -0.4 is 14.5 Å². The number of hydrogen-bond donors (Lipinski definition) is 0. The van der Waals surface area contributed by atoms with Crippen LogP contribution in [0.5, 0.6) is 5.88 Å². The van der Waals surface area contributed by atoms with Crippen molar-refractivity contribution >= 4 is 17.3 Å². The Morgan fingerprint density at radius 3 is 2.27 bits per heavy atom. The molecule has 4 rings (SSSR count). The lowest BCUT2D eigenvalue weighted by Gasteiger charge is -2.36. The van der Waals surface area contributed by atoms with Gasteiger partial charge in [-0.1, -0.05) is 0 Å². The molecule has 0 atom stereocenters. The van der Waals surface area contributed by atoms with Crippen molar-refractivity contribution in [3.63, 3.8) is 0 Å². The number of methoxy groups -OCH3 is 1. The topological polar surface area (TPSA) is 110 Å². The Hall–Kier alpha value is -3.82. The van der Waals surface area contributed by atoms with Gasteiger partial charge in [-0.3, -0.25) is 15.1 Å². The second-order valence-electron chi connectivity index (χ2n) is 6.89. The van der Waals surface area contributed by atoms with E-state index in [9.17, 15) is 10.1 Å². The molecule has 10 heteroatoms. The summed E-state index contributed by atoms with van der Waals surface area (Å²) >= 11 is 0. The van der Waals surface area contributed by atoms with Crippen LogP contribution in [0.2, 0.25) is 0 Å². The standard InChI is InChI=1S/C20H21N7O3/c1-14-11-17(24-20(22-14)15-3-5-16(6-4-15)27(28)29)25-7-9-26(10-8-25)18-12-21-13-19(23-18)30-2/h3-6,11-13H,7-10H2,1-2H3. The van der Waals surface area contributed by atoms with Gasteiger partial charge in [0.15, 0.2) is 11.6 Å². The Labute approximate surface area is 173 Å². The van der Waals surface area contributed by atoms with Crippen molar-refractivity contribution < 1.29 is 9.66 Å². The molecule has 1 aliphatic rings. The fourth-order valence-electron chi connectivity index (χ4n) is 3.33. The molecule has 1 aliphatic heterocycles. The summed E-state index contributed by atoms with van der Waals surface area (Å²) in [6.45, 7) is 5.02. The van der Waals surface area contributed by atoms with Crippen LogP contribution in [0.1, 0.15) is 5.69 Å². The first-order chi connectivity index (χ1) is 14.5. The van der Waals surface area contributed by atoms with Gasteiger partial charge >= 0.3 is 0 Å². The summed E-state index contributed by atoms with van der Waals surface area (Å²) in [5.74, 6) is 2.68. The number of non-ortho nitro benzene ring substituents is 1. The molecule has 10 nitrogen and oxygen atoms in total. The fraction of sp³-hybridized carbons (Fsp3) is 0.300. The van der Waals surface area contributed by atoms with Crippen LogP contribution in [-0.4, -0.2) is 58.1 Å². The van der Waals surface area contributed by atoms with Crippen molar-refractivity contribution in [1.82, 2.24) is 19.9 Å². The average Bonchev–Trinajstić information content (AvgIpc) is 2.79. The monoisotopic (exact) mass is 407 g/mol. The lowest BCUT2D eigenvalue weighted by Crippen LogP contribution is -2.47. The van der Waals surface area contributed by atoms with E-state index in [1.165, 1.54) is 12.1 Å². The minimum Gasteiger partial charge on any atom is -0.480 e. The summed E-state index contributed by atoms with van der Waals surface area (Å²) in [6.07, 6.45) is 3.32. The van der Waals surface area contributed by atoms with Gasteiger partial charge in [0.05, 0.1) is 24.4 Å². The van der Waals surface area contributed by atoms with Crippen molar-refractivity contribution in [1.29, 1.82) is 0 Å². The molecular weight excluding hydrogens is 386 g/mol. The van der Waals surface area contributed by atoms with Gasteiger partial charge in [-0.2, -0.15) is 4.98 Å². The van der Waals surface area contributed by atoms with Gasteiger partial charge < -0.3 is 14.5 Å². The molecule has 0 radical (unpaired) electrons. The molecule has 30 heavy (non-hydrogen) atoms. The van der Waals surface area contributed by atoms with Gasteiger partial charge in [-0.05, 0) is 19.1 Å². The van der Waals surface area contributed by atoms with E-state index in [0.29, 0.717) is 11.7 Å². The van der Waals surface area contributed by atoms with Crippen molar-refractivity contribution in [3.05, 3.63) is 58.5 Å². The number of anilines is 2. The molecule has 0 aliphatic carbocycles. The number of piperazine rings is 1. The van der Waals surface area contributed by atoms with Crippen LogP contribution in [0.25, 0.3) is 11.4 Å². The van der Waals surface area contributed by atoms with E-state index >= 15 is 0 Å². The minimum atomic E-state index is -0.418. The zero-order chi connectivity index (χ0) is 21.1. The number of nitro groups is 1. The Morgan fingerprint density at radius 2 is 1.63 bits per heavy atom. The van der Waals surface area contributed by atoms with E-state index in [4.69, 9.17) is 9.72 Å². The van der Waals surface area contributed by atoms with Crippen LogP contribution >= 0.6 is 0 Å². The molecule has 3 aromatic rings. The normalized spacial score (nSPS) is 13.9. The SMILES string of the molecule is COc1cncc(N2CCN(c3cc(C)nc(-c4ccc([N+](=O)[O-])cc4)n3)CC2)n1. The number of benzene rings is 1. The first-order valence-electron chi connectivity index (χ1n) is 9.50. The lowest BCUT2D eigenvalue weighted by molar-refractivity contribution is -0.384. The zero-order valence-electron chi connectivity index (χ0n) is 16.7. The van der Waals surface area contributed by atoms with E-state index in [0.717, 1.165) is 49.1 Å². The first-order valence-corrected chi connectivity index (χ1v) is 9.50. The van der Waals surface area contributed by atoms with Crippen LogP contribution in [0, 0.1) is 17.0 Å². The fourth-order valence-corrected chi connectivity index (χ4v) is 3.33. The van der Waals surface area contributed by atoms with Crippen molar-refractivity contribution in [2.24, 2.45) is 0 Å². The van der Waals surface area contributed by atoms with Gasteiger partial charge in [0.25, 0.3) is 5.69 Å². The molecule has 0 unspecified atom stereocenters. The number of nitrogens with zero attached hydrogens (tertiary/aromatic N) is 7. The Morgan fingerprint density at radius 1 is 0.967 bits per heavy atom. The molecule has 0 N–H and O–H groups in total. The van der Waals surface area contributed by atoms with Crippen molar-refractivity contribution in [2.75, 3.05) is 43.1 Å². The number of hydrogen-bond acceptors (Lipinski definition) is 9. The zero-order valence-corrected chi connectivity index (χ0v) is 16.7. The Kier molecular flexibility index (Phi) is 5.38. The predicted molar refractivity (Wildman–Crippen MR) is 112 cm³/mol. The number of nitro benzene ring substituents is 1. The van der Waals surface area contributed by atoms with E-state index in [2.05, 4.69) is 24.8 Å². The van der Waals surface area contributed by atoms with Gasteiger partial charge in [-0.25, -0.2) is 9.97 Å². The van der Waals surface area contributed by atoms with E-state index < -0.39 is 4.92 Å². The number of rotatable bonds is 5. The quantitative estimate of drug-likeness (QED) is 0.465. The molecule has 0 amide bonds. The molecule has 154 valence electrons. The van der Waals surface area contributed by atoms with E-state index in [1.54, 1.807) is 31.6 Å². The minimum absolute atomic E-state index is 0.0448. The van der Waals surface area contributed by atoms with Crippen LogP contribution in [-0.2, 0) is 0 Å². The van der Waals surface area contributed by atoms with Crippen molar-refractivity contribution in [2.45, 2.75) is 6.92 Å². The number of aryl methyl sites for hydroxylation is 1. The smallest absolute Gasteiger partial charge is 0.269 e. The second-order valence-corrected chi connectivity index (χ2v) is 6.89. The van der Waals surface area contributed by atoms with Gasteiger partial charge in [0, 0.05) is 55.6 Å². The highest BCUT2D eigenvalue weighted by Crippen LogP contribution is 2.24. The van der Waals surface area contributed by atoms with Crippen LogP contribution in [0.3, 0.4) is 0 Å². The maximum absolute atomic E-state index is 10.9. The highest BCUT2D eigenvalue weighted by atomic mass is 16.6. The summed E-state index contributed by atoms with van der Waals surface area (Å²) < 4.78 is 5.16. The van der Waals surface area contributed by atoms with E-state index in [-0.39, 0.29) is 5.69 Å². The number of ether oxygens (including phenoxy) is 1. The third-order valence-electron chi connectivity index (χ3n) is 4.91. The molecule has 0 saturated carbocycles. The lowest BCUT2D eigenvalue weighted by atomic mass is 10.2. The summed E-state index contributed by atoms with van der Waals surface area (Å²) in [7, 11) is 1.58. The maximum Gasteiger partial charge on any atom is 0.269 e. The molecule has 3 heterocycles. The molecule has 1 saturated heterocycles. The second kappa shape index (κ2) is 8.27. The summed E-state index contributed by atoms with van der Waals surface area (Å²) in [5, 5.41) is 10.9. The third-order valence-corrected chi connectivity index (χ3v) is 4.91. The molecule has 1 aromatic carbocycles. The highest BCUT2D eigenvalue weighted by Gasteiger charge is 2.21. The average molecular weight is 407 g/mol. The molecule has 0 bridgehead atoms. The maximum atomic E-state index is 10.9. The van der Waals surface area contributed by atoms with Gasteiger partial charge in [0.2, 0.25) is 5.88 Å². The van der Waals surface area contributed by atoms with Crippen LogP contribution in [0.15, 0.2) is 42.7 Å². The van der Waals surface area contributed by atoms with Gasteiger partial charge in [0.1, 0.15) is 5.82 Å². The number of aromatic nitrogens is 4.